The molecule has 1 saturated heterocycles. The lowest BCUT2D eigenvalue weighted by Crippen LogP contribution is -2.14. The molecule has 0 amide bonds. The van der Waals surface area contributed by atoms with Crippen LogP contribution < -0.4 is 0 Å². The minimum Gasteiger partial charge on any atom is -0.294 e. The van der Waals surface area contributed by atoms with Crippen molar-refractivity contribution in [2.24, 2.45) is 5.92 Å². The molecule has 1 aromatic rings. The molecule has 74 valence electrons. The first-order valence-corrected chi connectivity index (χ1v) is 5.65. The highest BCUT2D eigenvalue weighted by atomic mass is 32.2. The Hall–Kier alpha value is -0.900. The summed E-state index contributed by atoms with van der Waals surface area (Å²) in [6.07, 6.45) is 3.45. The van der Waals surface area contributed by atoms with Crippen molar-refractivity contribution in [3.8, 4) is 0 Å². The zero-order valence-corrected chi connectivity index (χ0v) is 8.39. The summed E-state index contributed by atoms with van der Waals surface area (Å²) in [5.74, 6) is 1.53. The Labute approximate surface area is 85.9 Å². The van der Waals surface area contributed by atoms with Gasteiger partial charge in [0.05, 0.1) is 6.20 Å². The first-order valence-electron chi connectivity index (χ1n) is 4.50. The summed E-state index contributed by atoms with van der Waals surface area (Å²) in [6.45, 7) is 0. The highest BCUT2D eigenvalue weighted by Gasteiger charge is 2.24. The number of aromatic nitrogens is 1. The van der Waals surface area contributed by atoms with Crippen LogP contribution in [0.4, 0.5) is 4.39 Å². The molecule has 0 radical (unpaired) electrons. The Balaban J connectivity index is 2.17. The second-order valence-electron chi connectivity index (χ2n) is 3.32. The lowest BCUT2D eigenvalue weighted by Gasteiger charge is -2.05. The number of Topliss-reactive ketones (excluding diaryl/α,β-unsaturated/α-hetero) is 1. The molecule has 0 N–H and O–H groups in total. The van der Waals surface area contributed by atoms with Gasteiger partial charge >= 0.3 is 0 Å². The maximum absolute atomic E-state index is 12.8. The number of carbonyl (C=O) groups excluding carboxylic acids is 1. The van der Waals surface area contributed by atoms with E-state index in [1.807, 2.05) is 0 Å². The zero-order chi connectivity index (χ0) is 9.97. The SMILES string of the molecule is O=C(c1cncc(F)c1)C1CCSC1. The number of carbonyl (C=O) groups is 1. The highest BCUT2D eigenvalue weighted by molar-refractivity contribution is 7.99. The summed E-state index contributed by atoms with van der Waals surface area (Å²) >= 11 is 1.77. The van der Waals surface area contributed by atoms with Crippen molar-refractivity contribution >= 4 is 17.5 Å². The van der Waals surface area contributed by atoms with E-state index in [9.17, 15) is 9.18 Å². The highest BCUT2D eigenvalue weighted by Crippen LogP contribution is 2.26. The molecular formula is C10H10FNOS. The van der Waals surface area contributed by atoms with E-state index in [2.05, 4.69) is 4.98 Å². The number of pyridine rings is 1. The number of nitrogens with zero attached hydrogens (tertiary/aromatic N) is 1. The van der Waals surface area contributed by atoms with Gasteiger partial charge in [0.25, 0.3) is 0 Å². The molecular weight excluding hydrogens is 201 g/mol. The Bertz CT molecular complexity index is 350. The van der Waals surface area contributed by atoms with Crippen molar-refractivity contribution < 1.29 is 9.18 Å². The van der Waals surface area contributed by atoms with Crippen LogP contribution in [-0.2, 0) is 0 Å². The third kappa shape index (κ3) is 1.95. The fourth-order valence-electron chi connectivity index (χ4n) is 1.52. The number of thioether (sulfide) groups is 1. The molecule has 2 nitrogen and oxygen atoms in total. The van der Waals surface area contributed by atoms with Gasteiger partial charge in [0, 0.05) is 23.4 Å². The van der Waals surface area contributed by atoms with Crippen LogP contribution in [0.1, 0.15) is 16.8 Å². The van der Waals surface area contributed by atoms with Crippen LogP contribution in [0, 0.1) is 11.7 Å². The van der Waals surface area contributed by atoms with Crippen molar-refractivity contribution in [2.75, 3.05) is 11.5 Å². The van der Waals surface area contributed by atoms with Crippen LogP contribution in [-0.4, -0.2) is 22.3 Å². The second-order valence-corrected chi connectivity index (χ2v) is 4.47. The molecule has 0 spiro atoms. The average Bonchev–Trinajstić information content (AvgIpc) is 2.69. The summed E-state index contributed by atoms with van der Waals surface area (Å²) in [4.78, 5) is 15.5. The van der Waals surface area contributed by atoms with E-state index < -0.39 is 5.82 Å². The summed E-state index contributed by atoms with van der Waals surface area (Å²) in [5.41, 5.74) is 0.400. The molecule has 1 atom stereocenters. The number of halogens is 1. The largest absolute Gasteiger partial charge is 0.294 e. The van der Waals surface area contributed by atoms with Crippen LogP contribution in [0.5, 0.6) is 0 Å². The van der Waals surface area contributed by atoms with E-state index in [0.29, 0.717) is 5.56 Å². The Morgan fingerprint density at radius 2 is 2.43 bits per heavy atom. The number of hydrogen-bond donors (Lipinski definition) is 0. The summed E-state index contributed by atoms with van der Waals surface area (Å²) in [5, 5.41) is 0. The fourth-order valence-corrected chi connectivity index (χ4v) is 2.74. The van der Waals surface area contributed by atoms with Gasteiger partial charge in [0.1, 0.15) is 5.82 Å². The second kappa shape index (κ2) is 4.09. The molecule has 0 saturated carbocycles. The average molecular weight is 211 g/mol. The summed E-state index contributed by atoms with van der Waals surface area (Å²) in [7, 11) is 0. The molecule has 14 heavy (non-hydrogen) atoms. The molecule has 1 aromatic heterocycles. The van der Waals surface area contributed by atoms with E-state index in [1.54, 1.807) is 11.8 Å². The maximum atomic E-state index is 12.8. The van der Waals surface area contributed by atoms with Gasteiger partial charge in [-0.05, 0) is 18.2 Å². The molecule has 4 heteroatoms. The quantitative estimate of drug-likeness (QED) is 0.702. The molecule has 0 aliphatic carbocycles. The lowest BCUT2D eigenvalue weighted by molar-refractivity contribution is 0.0933. The number of ketones is 1. The topological polar surface area (TPSA) is 30.0 Å². The fraction of sp³-hybridized carbons (Fsp3) is 0.400. The van der Waals surface area contributed by atoms with Gasteiger partial charge in [-0.3, -0.25) is 9.78 Å². The molecule has 1 unspecified atom stereocenters. The van der Waals surface area contributed by atoms with Gasteiger partial charge in [0.15, 0.2) is 5.78 Å². The Kier molecular flexibility index (Phi) is 2.82. The molecule has 1 aliphatic rings. The van der Waals surface area contributed by atoms with Gasteiger partial charge in [0.2, 0.25) is 0 Å². The van der Waals surface area contributed by atoms with E-state index >= 15 is 0 Å². The molecule has 1 aliphatic heterocycles. The minimum absolute atomic E-state index is 0.0296. The van der Waals surface area contributed by atoms with Crippen LogP contribution in [0.15, 0.2) is 18.5 Å². The van der Waals surface area contributed by atoms with Gasteiger partial charge in [-0.1, -0.05) is 0 Å². The van der Waals surface area contributed by atoms with Gasteiger partial charge in [-0.25, -0.2) is 4.39 Å². The van der Waals surface area contributed by atoms with Crippen LogP contribution >= 0.6 is 11.8 Å². The molecule has 2 heterocycles. The zero-order valence-electron chi connectivity index (χ0n) is 7.57. The standard InChI is InChI=1S/C10H10FNOS/c11-9-3-8(4-12-5-9)10(13)7-1-2-14-6-7/h3-5,7H,1-2,6H2. The summed E-state index contributed by atoms with van der Waals surface area (Å²) < 4.78 is 12.8. The van der Waals surface area contributed by atoms with E-state index in [0.717, 1.165) is 24.1 Å². The van der Waals surface area contributed by atoms with Crippen molar-refractivity contribution in [1.82, 2.24) is 4.98 Å². The first-order chi connectivity index (χ1) is 6.77. The van der Waals surface area contributed by atoms with Crippen LogP contribution in [0.3, 0.4) is 0 Å². The smallest absolute Gasteiger partial charge is 0.168 e. The minimum atomic E-state index is -0.443. The van der Waals surface area contributed by atoms with Crippen LogP contribution in [0.2, 0.25) is 0 Å². The summed E-state index contributed by atoms with van der Waals surface area (Å²) in [6, 6.07) is 1.26. The van der Waals surface area contributed by atoms with Crippen molar-refractivity contribution in [3.63, 3.8) is 0 Å². The van der Waals surface area contributed by atoms with Crippen LogP contribution in [0.25, 0.3) is 0 Å². The lowest BCUT2D eigenvalue weighted by atomic mass is 9.98. The van der Waals surface area contributed by atoms with E-state index in [4.69, 9.17) is 0 Å². The van der Waals surface area contributed by atoms with Crippen molar-refractivity contribution in [2.45, 2.75) is 6.42 Å². The van der Waals surface area contributed by atoms with Gasteiger partial charge in [-0.2, -0.15) is 11.8 Å². The van der Waals surface area contributed by atoms with E-state index in [-0.39, 0.29) is 11.7 Å². The predicted molar refractivity (Wildman–Crippen MR) is 54.0 cm³/mol. The predicted octanol–water partition coefficient (Wildman–Crippen LogP) is 2.16. The van der Waals surface area contributed by atoms with Gasteiger partial charge < -0.3 is 0 Å². The Morgan fingerprint density at radius 3 is 3.07 bits per heavy atom. The maximum Gasteiger partial charge on any atom is 0.168 e. The molecule has 1 fully saturated rings. The number of hydrogen-bond acceptors (Lipinski definition) is 3. The monoisotopic (exact) mass is 211 g/mol. The van der Waals surface area contributed by atoms with Crippen molar-refractivity contribution in [3.05, 3.63) is 29.8 Å². The normalized spacial score (nSPS) is 21.1. The van der Waals surface area contributed by atoms with E-state index in [1.165, 1.54) is 12.3 Å². The Morgan fingerprint density at radius 1 is 1.57 bits per heavy atom. The third-order valence-corrected chi connectivity index (χ3v) is 3.45. The van der Waals surface area contributed by atoms with Gasteiger partial charge in [-0.15, -0.1) is 0 Å². The molecule has 0 bridgehead atoms. The number of rotatable bonds is 2. The first kappa shape index (κ1) is 9.65. The molecule has 2 rings (SSSR count). The molecule has 0 aromatic carbocycles. The van der Waals surface area contributed by atoms with Crippen molar-refractivity contribution in [1.29, 1.82) is 0 Å². The third-order valence-electron chi connectivity index (χ3n) is 2.29.